The molecule has 24 heavy (non-hydrogen) atoms. The monoisotopic (exact) mass is 368 g/mol. The molecule has 2 rings (SSSR count). The quantitative estimate of drug-likeness (QED) is 0.785. The second-order valence-corrected chi connectivity index (χ2v) is 7.07. The summed E-state index contributed by atoms with van der Waals surface area (Å²) in [4.78, 5) is 28.2. The number of thiazole rings is 1. The van der Waals surface area contributed by atoms with E-state index in [1.54, 1.807) is 19.1 Å². The second-order valence-electron chi connectivity index (χ2n) is 5.09. The molecule has 0 bridgehead atoms. The lowest BCUT2D eigenvalue weighted by Crippen LogP contribution is -2.41. The minimum Gasteiger partial charge on any atom is -0.480 e. The molecule has 1 aromatic heterocycles. The van der Waals surface area contributed by atoms with Gasteiger partial charge in [0.2, 0.25) is 0 Å². The van der Waals surface area contributed by atoms with Crippen molar-refractivity contribution in [1.82, 2.24) is 10.3 Å². The van der Waals surface area contributed by atoms with Crippen LogP contribution < -0.4 is 5.32 Å². The number of aromatic nitrogens is 1. The smallest absolute Gasteiger partial charge is 0.326 e. The van der Waals surface area contributed by atoms with Crippen LogP contribution in [0.4, 0.5) is 4.39 Å². The van der Waals surface area contributed by atoms with Crippen LogP contribution in [0, 0.1) is 12.7 Å². The zero-order valence-corrected chi connectivity index (χ0v) is 14.8. The molecule has 0 unspecified atom stereocenters. The fourth-order valence-electron chi connectivity index (χ4n) is 2.07. The van der Waals surface area contributed by atoms with Gasteiger partial charge in [-0.15, -0.1) is 11.3 Å². The van der Waals surface area contributed by atoms with Gasteiger partial charge in [0, 0.05) is 5.56 Å². The summed E-state index contributed by atoms with van der Waals surface area (Å²) < 4.78 is 13.3. The van der Waals surface area contributed by atoms with E-state index in [4.69, 9.17) is 0 Å². The van der Waals surface area contributed by atoms with Gasteiger partial charge >= 0.3 is 5.97 Å². The third kappa shape index (κ3) is 4.55. The highest BCUT2D eigenvalue weighted by Gasteiger charge is 2.23. The minimum absolute atomic E-state index is 0.338. The van der Waals surface area contributed by atoms with Crippen LogP contribution in [0.1, 0.15) is 21.8 Å². The zero-order chi connectivity index (χ0) is 17.7. The summed E-state index contributed by atoms with van der Waals surface area (Å²) in [6, 6.07) is 5.02. The number of thioether (sulfide) groups is 1. The van der Waals surface area contributed by atoms with E-state index in [-0.39, 0.29) is 5.82 Å². The molecule has 1 atom stereocenters. The van der Waals surface area contributed by atoms with Crippen molar-refractivity contribution in [2.24, 2.45) is 0 Å². The van der Waals surface area contributed by atoms with Crippen LogP contribution in [0.2, 0.25) is 0 Å². The molecule has 8 heteroatoms. The van der Waals surface area contributed by atoms with E-state index in [9.17, 15) is 19.1 Å². The van der Waals surface area contributed by atoms with Crippen LogP contribution in [0.3, 0.4) is 0 Å². The highest BCUT2D eigenvalue weighted by Crippen LogP contribution is 2.28. The summed E-state index contributed by atoms with van der Waals surface area (Å²) in [6.07, 6.45) is 2.22. The van der Waals surface area contributed by atoms with Gasteiger partial charge in [-0.3, -0.25) is 4.79 Å². The van der Waals surface area contributed by atoms with Crippen molar-refractivity contribution in [1.29, 1.82) is 0 Å². The van der Waals surface area contributed by atoms with Gasteiger partial charge < -0.3 is 10.4 Å². The van der Waals surface area contributed by atoms with Crippen molar-refractivity contribution < 1.29 is 19.1 Å². The number of benzene rings is 1. The van der Waals surface area contributed by atoms with E-state index in [0.717, 1.165) is 11.3 Å². The van der Waals surface area contributed by atoms with Crippen LogP contribution in [-0.2, 0) is 4.79 Å². The van der Waals surface area contributed by atoms with E-state index in [0.29, 0.717) is 33.3 Å². The molecule has 0 aliphatic rings. The van der Waals surface area contributed by atoms with Crippen LogP contribution >= 0.6 is 23.1 Å². The van der Waals surface area contributed by atoms with Gasteiger partial charge in [0.05, 0.1) is 5.69 Å². The Bertz CT molecular complexity index is 749. The molecule has 2 aromatic rings. The van der Waals surface area contributed by atoms with Gasteiger partial charge in [-0.25, -0.2) is 14.2 Å². The predicted molar refractivity (Wildman–Crippen MR) is 94.1 cm³/mol. The van der Waals surface area contributed by atoms with Gasteiger partial charge in [0.15, 0.2) is 0 Å². The maximum atomic E-state index is 13.3. The highest BCUT2D eigenvalue weighted by molar-refractivity contribution is 7.98. The number of aryl methyl sites for hydroxylation is 1. The second kappa shape index (κ2) is 8.25. The Hall–Kier alpha value is -1.93. The maximum absolute atomic E-state index is 13.3. The third-order valence-electron chi connectivity index (χ3n) is 3.29. The van der Waals surface area contributed by atoms with E-state index in [2.05, 4.69) is 10.3 Å². The van der Waals surface area contributed by atoms with Gasteiger partial charge in [-0.05, 0) is 37.5 Å². The lowest BCUT2D eigenvalue weighted by atomic mass is 10.2. The number of carboxylic acid groups (broad SMARTS) is 1. The molecule has 0 radical (unpaired) electrons. The van der Waals surface area contributed by atoms with Crippen molar-refractivity contribution in [3.05, 3.63) is 40.7 Å². The predicted octanol–water partition coefficient (Wildman–Crippen LogP) is 3.19. The number of nitrogens with zero attached hydrogens (tertiary/aromatic N) is 1. The number of nitrogens with one attached hydrogen (secondary N) is 1. The van der Waals surface area contributed by atoms with Crippen LogP contribution in [-0.4, -0.2) is 40.0 Å². The molecule has 0 saturated heterocycles. The van der Waals surface area contributed by atoms with Crippen LogP contribution in [0.25, 0.3) is 10.6 Å². The van der Waals surface area contributed by atoms with Gasteiger partial charge in [-0.2, -0.15) is 11.8 Å². The number of hydrogen-bond donors (Lipinski definition) is 2. The van der Waals surface area contributed by atoms with Crippen LogP contribution in [0.15, 0.2) is 24.3 Å². The van der Waals surface area contributed by atoms with Crippen molar-refractivity contribution in [2.75, 3.05) is 12.0 Å². The Kier molecular flexibility index (Phi) is 6.33. The molecule has 0 aliphatic carbocycles. The molecule has 1 aromatic carbocycles. The molecular weight excluding hydrogens is 351 g/mol. The fraction of sp³-hybridized carbons (Fsp3) is 0.312. The number of carboxylic acids is 1. The van der Waals surface area contributed by atoms with Crippen molar-refractivity contribution in [2.45, 2.75) is 19.4 Å². The largest absolute Gasteiger partial charge is 0.480 e. The lowest BCUT2D eigenvalue weighted by Gasteiger charge is -2.13. The third-order valence-corrected chi connectivity index (χ3v) is 5.14. The van der Waals surface area contributed by atoms with Gasteiger partial charge in [0.1, 0.15) is 21.7 Å². The first-order valence-electron chi connectivity index (χ1n) is 7.18. The molecule has 0 fully saturated rings. The Balaban J connectivity index is 2.19. The Morgan fingerprint density at radius 2 is 2.21 bits per heavy atom. The number of amides is 1. The van der Waals surface area contributed by atoms with E-state index >= 15 is 0 Å². The number of carbonyl (C=O) groups excluding carboxylic acids is 1. The number of aliphatic carboxylic acids is 1. The summed E-state index contributed by atoms with van der Waals surface area (Å²) >= 11 is 2.64. The van der Waals surface area contributed by atoms with Crippen molar-refractivity contribution in [3.8, 4) is 10.6 Å². The number of rotatable bonds is 7. The first-order valence-corrected chi connectivity index (χ1v) is 9.39. The zero-order valence-electron chi connectivity index (χ0n) is 13.2. The molecular formula is C16H17FN2O3S2. The van der Waals surface area contributed by atoms with Gasteiger partial charge in [-0.1, -0.05) is 12.1 Å². The molecule has 1 heterocycles. The number of halogens is 1. The summed E-state index contributed by atoms with van der Waals surface area (Å²) in [5, 5.41) is 12.3. The standard InChI is InChI=1S/C16H17FN2O3S2/c1-9-13(14(20)19-12(16(21)22)6-7-23-2)24-15(18-9)10-4-3-5-11(17)8-10/h3-5,8,12H,6-7H2,1-2H3,(H,19,20)(H,21,22)/t12-/m1/s1. The molecule has 5 nitrogen and oxygen atoms in total. The molecule has 0 aliphatic heterocycles. The first-order chi connectivity index (χ1) is 11.4. The lowest BCUT2D eigenvalue weighted by molar-refractivity contribution is -0.139. The molecule has 2 N–H and O–H groups in total. The Labute approximate surface area is 147 Å². The normalized spacial score (nSPS) is 12.0. The van der Waals surface area contributed by atoms with Crippen molar-refractivity contribution >= 4 is 35.0 Å². The first kappa shape index (κ1) is 18.4. The SMILES string of the molecule is CSCC[C@@H](NC(=O)c1sc(-c2cccc(F)c2)nc1C)C(=O)O. The topological polar surface area (TPSA) is 79.3 Å². The van der Waals surface area contributed by atoms with E-state index < -0.39 is 17.9 Å². The van der Waals surface area contributed by atoms with Crippen molar-refractivity contribution in [3.63, 3.8) is 0 Å². The Morgan fingerprint density at radius 1 is 1.46 bits per heavy atom. The molecule has 1 amide bonds. The fourth-order valence-corrected chi connectivity index (χ4v) is 3.51. The summed E-state index contributed by atoms with van der Waals surface area (Å²) in [5.41, 5.74) is 1.07. The number of carbonyl (C=O) groups is 2. The minimum atomic E-state index is -1.06. The summed E-state index contributed by atoms with van der Waals surface area (Å²) in [6.45, 7) is 1.67. The van der Waals surface area contributed by atoms with Gasteiger partial charge in [0.25, 0.3) is 5.91 Å². The highest BCUT2D eigenvalue weighted by atomic mass is 32.2. The average Bonchev–Trinajstić information content (AvgIpc) is 2.93. The Morgan fingerprint density at radius 3 is 2.83 bits per heavy atom. The summed E-state index contributed by atoms with van der Waals surface area (Å²) in [7, 11) is 0. The van der Waals surface area contributed by atoms with Crippen LogP contribution in [0.5, 0.6) is 0 Å². The van der Waals surface area contributed by atoms with E-state index in [1.165, 1.54) is 23.9 Å². The average molecular weight is 368 g/mol. The number of hydrogen-bond acceptors (Lipinski definition) is 5. The maximum Gasteiger partial charge on any atom is 0.326 e. The summed E-state index contributed by atoms with van der Waals surface area (Å²) in [5.74, 6) is -1.28. The van der Waals surface area contributed by atoms with E-state index in [1.807, 2.05) is 6.26 Å². The molecule has 128 valence electrons. The molecule has 0 spiro atoms. The molecule has 0 saturated carbocycles.